The minimum Gasteiger partial charge on any atom is -0.370 e. The number of hydrogen-bond donors (Lipinski definition) is 2. The molecule has 2 heterocycles. The Hall–Kier alpha value is -1.99. The maximum Gasteiger partial charge on any atom is 0.138 e. The summed E-state index contributed by atoms with van der Waals surface area (Å²) in [6.07, 6.45) is 4.45. The van der Waals surface area contributed by atoms with Crippen molar-refractivity contribution in [1.82, 2.24) is 20.7 Å². The van der Waals surface area contributed by atoms with E-state index in [1.54, 1.807) is 19.4 Å². The Labute approximate surface area is 146 Å². The molecule has 0 aromatic carbocycles. The van der Waals surface area contributed by atoms with Gasteiger partial charge in [0.2, 0.25) is 0 Å². The van der Waals surface area contributed by atoms with Crippen LogP contribution in [0.25, 0.3) is 0 Å². The predicted molar refractivity (Wildman–Crippen MR) is 99.9 cm³/mol. The molecule has 2 aromatic heterocycles. The molecule has 23 heavy (non-hydrogen) atoms. The van der Waals surface area contributed by atoms with Gasteiger partial charge in [-0.1, -0.05) is 30.0 Å². The highest BCUT2D eigenvalue weighted by atomic mass is 32.2. The Kier molecular flexibility index (Phi) is 6.96. The largest absolute Gasteiger partial charge is 0.370 e. The van der Waals surface area contributed by atoms with Crippen LogP contribution in [-0.2, 0) is 6.42 Å². The summed E-state index contributed by atoms with van der Waals surface area (Å²) >= 11 is 6.84. The molecule has 0 aliphatic heterocycles. The van der Waals surface area contributed by atoms with Crippen LogP contribution in [-0.4, -0.2) is 33.6 Å². The van der Waals surface area contributed by atoms with E-state index < -0.39 is 0 Å². The van der Waals surface area contributed by atoms with E-state index in [4.69, 9.17) is 12.2 Å². The van der Waals surface area contributed by atoms with Crippen LogP contribution in [0.2, 0.25) is 0 Å². The third kappa shape index (κ3) is 5.96. The highest BCUT2D eigenvalue weighted by molar-refractivity contribution is 8.23. The van der Waals surface area contributed by atoms with E-state index in [0.717, 1.165) is 39.3 Å². The first-order valence-electron chi connectivity index (χ1n) is 7.22. The lowest BCUT2D eigenvalue weighted by atomic mass is 10.3. The van der Waals surface area contributed by atoms with E-state index in [0.29, 0.717) is 0 Å². The van der Waals surface area contributed by atoms with Gasteiger partial charge in [0.1, 0.15) is 4.32 Å². The van der Waals surface area contributed by atoms with Gasteiger partial charge in [0.05, 0.1) is 11.4 Å². The summed E-state index contributed by atoms with van der Waals surface area (Å²) in [6, 6.07) is 9.85. The van der Waals surface area contributed by atoms with Crippen LogP contribution in [0.3, 0.4) is 0 Å². The molecule has 5 nitrogen and oxygen atoms in total. The molecule has 0 atom stereocenters. The number of nitrogens with one attached hydrogen (secondary N) is 2. The summed E-state index contributed by atoms with van der Waals surface area (Å²) in [5, 5.41) is 7.34. The first-order valence-corrected chi connectivity index (χ1v) is 8.44. The Morgan fingerprint density at radius 2 is 2.13 bits per heavy atom. The molecule has 2 aromatic rings. The molecule has 0 amide bonds. The number of thiocarbonyl (C=S) groups is 1. The van der Waals surface area contributed by atoms with Gasteiger partial charge in [-0.15, -0.1) is 0 Å². The van der Waals surface area contributed by atoms with Gasteiger partial charge in [0, 0.05) is 43.0 Å². The Balaban J connectivity index is 1.80. The molecule has 0 fully saturated rings. The fourth-order valence-corrected chi connectivity index (χ4v) is 2.88. The van der Waals surface area contributed by atoms with E-state index in [9.17, 15) is 0 Å². The highest BCUT2D eigenvalue weighted by Crippen LogP contribution is 2.18. The van der Waals surface area contributed by atoms with Crippen molar-refractivity contribution in [1.29, 1.82) is 0 Å². The zero-order valence-corrected chi connectivity index (χ0v) is 14.7. The van der Waals surface area contributed by atoms with Crippen molar-refractivity contribution in [3.63, 3.8) is 0 Å². The van der Waals surface area contributed by atoms with Gasteiger partial charge in [-0.25, -0.2) is 0 Å². The van der Waals surface area contributed by atoms with E-state index in [2.05, 4.69) is 25.8 Å². The maximum absolute atomic E-state index is 5.35. The molecule has 0 saturated heterocycles. The molecular formula is C16H19N5S2. The second-order valence-electron chi connectivity index (χ2n) is 4.69. The number of nitrogens with zero attached hydrogens (tertiary/aromatic N) is 3. The van der Waals surface area contributed by atoms with Crippen molar-refractivity contribution >= 4 is 34.0 Å². The summed E-state index contributed by atoms with van der Waals surface area (Å²) < 4.78 is 0.732. The Morgan fingerprint density at radius 3 is 2.78 bits per heavy atom. The monoisotopic (exact) mass is 345 g/mol. The lowest BCUT2D eigenvalue weighted by Gasteiger charge is -2.07. The van der Waals surface area contributed by atoms with E-state index in [1.807, 2.05) is 37.3 Å². The molecule has 0 radical (unpaired) electrons. The zero-order valence-electron chi connectivity index (χ0n) is 13.1. The van der Waals surface area contributed by atoms with Gasteiger partial charge < -0.3 is 10.7 Å². The zero-order chi connectivity index (χ0) is 16.5. The number of thioether (sulfide) groups is 1. The molecule has 0 aliphatic rings. The molecule has 0 spiro atoms. The van der Waals surface area contributed by atoms with Crippen LogP contribution in [0.1, 0.15) is 18.3 Å². The predicted octanol–water partition coefficient (Wildman–Crippen LogP) is 2.63. The SMILES string of the molecule is CNN=C(C)c1ccc(SC(=S)NCCc2ccccn2)cn1. The van der Waals surface area contributed by atoms with Crippen LogP contribution < -0.4 is 10.7 Å². The summed E-state index contributed by atoms with van der Waals surface area (Å²) in [4.78, 5) is 9.67. The summed E-state index contributed by atoms with van der Waals surface area (Å²) in [7, 11) is 1.77. The fourth-order valence-electron chi connectivity index (χ4n) is 1.86. The molecular weight excluding hydrogens is 326 g/mol. The van der Waals surface area contributed by atoms with Gasteiger partial charge >= 0.3 is 0 Å². The highest BCUT2D eigenvalue weighted by Gasteiger charge is 2.03. The molecule has 0 saturated carbocycles. The van der Waals surface area contributed by atoms with Crippen LogP contribution in [0.4, 0.5) is 0 Å². The maximum atomic E-state index is 5.35. The molecule has 2 N–H and O–H groups in total. The fraction of sp³-hybridized carbons (Fsp3) is 0.250. The number of rotatable bonds is 6. The lowest BCUT2D eigenvalue weighted by Crippen LogP contribution is -2.21. The first-order chi connectivity index (χ1) is 11.2. The Bertz CT molecular complexity index is 656. The smallest absolute Gasteiger partial charge is 0.138 e. The van der Waals surface area contributed by atoms with Crippen LogP contribution in [0, 0.1) is 0 Å². The van der Waals surface area contributed by atoms with Crippen LogP contribution in [0.5, 0.6) is 0 Å². The molecule has 0 unspecified atom stereocenters. The summed E-state index contributed by atoms with van der Waals surface area (Å²) in [5.74, 6) is 0. The molecule has 120 valence electrons. The van der Waals surface area contributed by atoms with Crippen molar-refractivity contribution in [3.8, 4) is 0 Å². The van der Waals surface area contributed by atoms with Crippen molar-refractivity contribution < 1.29 is 0 Å². The van der Waals surface area contributed by atoms with Crippen molar-refractivity contribution in [3.05, 3.63) is 54.1 Å². The van der Waals surface area contributed by atoms with Crippen molar-refractivity contribution in [2.45, 2.75) is 18.2 Å². The third-order valence-electron chi connectivity index (χ3n) is 2.97. The molecule has 7 heteroatoms. The molecule has 0 aliphatic carbocycles. The minimum atomic E-state index is 0.732. The lowest BCUT2D eigenvalue weighted by molar-refractivity contribution is 0.855. The van der Waals surface area contributed by atoms with Gasteiger partial charge in [-0.05, 0) is 31.2 Å². The minimum absolute atomic E-state index is 0.732. The average molecular weight is 345 g/mol. The van der Waals surface area contributed by atoms with E-state index >= 15 is 0 Å². The summed E-state index contributed by atoms with van der Waals surface area (Å²) in [5.41, 5.74) is 5.50. The topological polar surface area (TPSA) is 62.2 Å². The standard InChI is InChI=1S/C16H19N5S2/c1-12(21-17-2)15-7-6-14(11-20-15)23-16(22)19-10-8-13-5-3-4-9-18-13/h3-7,9,11,17H,8,10H2,1-2H3,(H,19,22). The van der Waals surface area contributed by atoms with Gasteiger partial charge in [-0.3, -0.25) is 9.97 Å². The van der Waals surface area contributed by atoms with E-state index in [1.165, 1.54) is 11.8 Å². The Morgan fingerprint density at radius 1 is 1.26 bits per heavy atom. The number of aromatic nitrogens is 2. The normalized spacial score (nSPS) is 11.1. The van der Waals surface area contributed by atoms with Crippen LogP contribution in [0.15, 0.2) is 52.7 Å². The third-order valence-corrected chi connectivity index (χ3v) is 4.17. The molecule has 2 rings (SSSR count). The van der Waals surface area contributed by atoms with Gasteiger partial charge in [-0.2, -0.15) is 5.10 Å². The number of pyridine rings is 2. The van der Waals surface area contributed by atoms with Gasteiger partial charge in [0.15, 0.2) is 0 Å². The van der Waals surface area contributed by atoms with E-state index in [-0.39, 0.29) is 0 Å². The summed E-state index contributed by atoms with van der Waals surface area (Å²) in [6.45, 7) is 2.68. The second kappa shape index (κ2) is 9.22. The first kappa shape index (κ1) is 17.4. The van der Waals surface area contributed by atoms with Gasteiger partial charge in [0.25, 0.3) is 0 Å². The van der Waals surface area contributed by atoms with Crippen molar-refractivity contribution in [2.75, 3.05) is 13.6 Å². The van der Waals surface area contributed by atoms with Crippen LogP contribution >= 0.6 is 24.0 Å². The van der Waals surface area contributed by atoms with Crippen molar-refractivity contribution in [2.24, 2.45) is 5.10 Å². The number of hydrazone groups is 1. The quantitative estimate of drug-likeness (QED) is 0.363. The average Bonchev–Trinajstić information content (AvgIpc) is 2.57. The molecule has 0 bridgehead atoms. The second-order valence-corrected chi connectivity index (χ2v) is 6.44. The number of hydrogen-bond acceptors (Lipinski definition) is 6.